The Hall–Kier alpha value is -2.11. The van der Waals surface area contributed by atoms with E-state index in [2.05, 4.69) is 35.5 Å². The second-order valence-corrected chi connectivity index (χ2v) is 3.64. The molecule has 1 nitrogen and oxygen atoms in total. The van der Waals surface area contributed by atoms with Crippen molar-refractivity contribution in [1.29, 1.82) is 0 Å². The minimum absolute atomic E-state index is 0.926. The van der Waals surface area contributed by atoms with Crippen LogP contribution in [-0.4, -0.2) is 4.98 Å². The fourth-order valence-electron chi connectivity index (χ4n) is 1.62. The fourth-order valence-corrected chi connectivity index (χ4v) is 1.62. The first-order valence-electron chi connectivity index (χ1n) is 5.19. The summed E-state index contributed by atoms with van der Waals surface area (Å²) in [5.41, 5.74) is 7.13. The number of nitrogens with zero attached hydrogens (tertiary/aromatic N) is 1. The second kappa shape index (κ2) is 4.61. The second-order valence-electron chi connectivity index (χ2n) is 3.64. The van der Waals surface area contributed by atoms with Crippen LogP contribution in [0.4, 0.5) is 0 Å². The lowest BCUT2D eigenvalue weighted by atomic mass is 10.1. The highest BCUT2D eigenvalue weighted by Gasteiger charge is 2.00. The van der Waals surface area contributed by atoms with E-state index in [-0.39, 0.29) is 0 Å². The third-order valence-electron chi connectivity index (χ3n) is 2.46. The molecule has 0 bridgehead atoms. The highest BCUT2D eigenvalue weighted by molar-refractivity contribution is 5.65. The molecule has 0 aliphatic carbocycles. The third kappa shape index (κ3) is 2.10. The van der Waals surface area contributed by atoms with Gasteiger partial charge in [-0.15, -0.1) is 5.73 Å². The smallest absolute Gasteiger partial charge is 0.0735 e. The van der Waals surface area contributed by atoms with Gasteiger partial charge in [-0.1, -0.05) is 36.9 Å². The fraction of sp³-hybridized carbons (Fsp3) is 0.0667. The normalized spacial score (nSPS) is 9.56. The Bertz CT molecular complexity index is 535. The van der Waals surface area contributed by atoms with Crippen molar-refractivity contribution < 1.29 is 0 Å². The van der Waals surface area contributed by atoms with Crippen LogP contribution in [0.25, 0.3) is 17.2 Å². The quantitative estimate of drug-likeness (QED) is 0.681. The van der Waals surface area contributed by atoms with Gasteiger partial charge in [0.25, 0.3) is 0 Å². The number of aryl methyl sites for hydroxylation is 1. The standard InChI is InChI=1S/C15H13N/c1-3-7-15-12(2)10-14(11-16-15)13-8-5-4-6-9-13/h4-11H,1H2,2H3. The van der Waals surface area contributed by atoms with Crippen LogP contribution in [0.3, 0.4) is 0 Å². The summed E-state index contributed by atoms with van der Waals surface area (Å²) in [5, 5.41) is 0. The van der Waals surface area contributed by atoms with Gasteiger partial charge in [-0.25, -0.2) is 0 Å². The van der Waals surface area contributed by atoms with Gasteiger partial charge in [-0.3, -0.25) is 4.98 Å². The van der Waals surface area contributed by atoms with Crippen molar-refractivity contribution in [2.24, 2.45) is 0 Å². The summed E-state index contributed by atoms with van der Waals surface area (Å²) in [5.74, 6) is 0. The van der Waals surface area contributed by atoms with Gasteiger partial charge in [0.15, 0.2) is 0 Å². The van der Waals surface area contributed by atoms with E-state index < -0.39 is 0 Å². The van der Waals surface area contributed by atoms with E-state index in [1.165, 1.54) is 5.56 Å². The molecule has 0 N–H and O–H groups in total. The van der Waals surface area contributed by atoms with Crippen LogP contribution >= 0.6 is 0 Å². The Kier molecular flexibility index (Phi) is 3.00. The zero-order chi connectivity index (χ0) is 11.4. The van der Waals surface area contributed by atoms with Crippen LogP contribution < -0.4 is 0 Å². The number of rotatable bonds is 2. The molecule has 0 radical (unpaired) electrons. The highest BCUT2D eigenvalue weighted by atomic mass is 14.7. The van der Waals surface area contributed by atoms with Gasteiger partial charge in [0.05, 0.1) is 5.69 Å². The van der Waals surface area contributed by atoms with Crippen molar-refractivity contribution in [2.45, 2.75) is 6.92 Å². The molecule has 16 heavy (non-hydrogen) atoms. The van der Waals surface area contributed by atoms with Crippen LogP contribution in [-0.2, 0) is 0 Å². The molecular weight excluding hydrogens is 194 g/mol. The van der Waals surface area contributed by atoms with E-state index in [4.69, 9.17) is 0 Å². The van der Waals surface area contributed by atoms with Gasteiger partial charge in [-0.2, -0.15) is 0 Å². The molecule has 0 atom stereocenters. The van der Waals surface area contributed by atoms with Crippen molar-refractivity contribution >= 4 is 6.08 Å². The van der Waals surface area contributed by atoms with Crippen LogP contribution in [0, 0.1) is 6.92 Å². The average Bonchev–Trinajstić information content (AvgIpc) is 2.33. The minimum atomic E-state index is 0.926. The highest BCUT2D eigenvalue weighted by Crippen LogP contribution is 2.20. The van der Waals surface area contributed by atoms with Crippen LogP contribution in [0.2, 0.25) is 0 Å². The summed E-state index contributed by atoms with van der Waals surface area (Å²) >= 11 is 0. The number of pyridine rings is 1. The molecular formula is C15H13N. The van der Waals surface area contributed by atoms with E-state index in [1.54, 1.807) is 6.08 Å². The average molecular weight is 207 g/mol. The van der Waals surface area contributed by atoms with Crippen LogP contribution in [0.15, 0.2) is 54.9 Å². The van der Waals surface area contributed by atoms with Crippen molar-refractivity contribution in [3.05, 3.63) is 66.2 Å². The molecule has 1 heteroatoms. The maximum absolute atomic E-state index is 4.39. The predicted octanol–water partition coefficient (Wildman–Crippen LogP) is 3.86. The molecule has 78 valence electrons. The van der Waals surface area contributed by atoms with Gasteiger partial charge in [-0.05, 0) is 24.1 Å². The van der Waals surface area contributed by atoms with Gasteiger partial charge in [0.1, 0.15) is 0 Å². The van der Waals surface area contributed by atoms with E-state index in [1.807, 2.05) is 31.3 Å². The van der Waals surface area contributed by atoms with Gasteiger partial charge >= 0.3 is 0 Å². The topological polar surface area (TPSA) is 12.9 Å². The summed E-state index contributed by atoms with van der Waals surface area (Å²) in [6, 6.07) is 12.4. The van der Waals surface area contributed by atoms with E-state index in [0.29, 0.717) is 0 Å². The molecule has 0 amide bonds. The van der Waals surface area contributed by atoms with Gasteiger partial charge < -0.3 is 0 Å². The first kappa shape index (κ1) is 10.4. The van der Waals surface area contributed by atoms with Crippen molar-refractivity contribution in [3.8, 4) is 11.1 Å². The zero-order valence-electron chi connectivity index (χ0n) is 9.27. The lowest BCUT2D eigenvalue weighted by molar-refractivity contribution is 1.24. The Labute approximate surface area is 95.8 Å². The van der Waals surface area contributed by atoms with Crippen molar-refractivity contribution in [2.75, 3.05) is 0 Å². The number of hydrogen-bond acceptors (Lipinski definition) is 1. The molecule has 1 aromatic heterocycles. The summed E-state index contributed by atoms with van der Waals surface area (Å²) in [6.07, 6.45) is 3.68. The Morgan fingerprint density at radius 3 is 2.56 bits per heavy atom. The third-order valence-corrected chi connectivity index (χ3v) is 2.46. The lowest BCUT2D eigenvalue weighted by Gasteiger charge is -2.04. The summed E-state index contributed by atoms with van der Waals surface area (Å²) in [6.45, 7) is 5.60. The summed E-state index contributed by atoms with van der Waals surface area (Å²) < 4.78 is 0. The predicted molar refractivity (Wildman–Crippen MR) is 68.0 cm³/mol. The maximum Gasteiger partial charge on any atom is 0.0735 e. The van der Waals surface area contributed by atoms with Crippen molar-refractivity contribution in [1.82, 2.24) is 4.98 Å². The Morgan fingerprint density at radius 1 is 1.19 bits per heavy atom. The monoisotopic (exact) mass is 207 g/mol. The minimum Gasteiger partial charge on any atom is -0.255 e. The number of hydrogen-bond donors (Lipinski definition) is 0. The Morgan fingerprint density at radius 2 is 1.94 bits per heavy atom. The molecule has 1 heterocycles. The molecule has 0 aliphatic rings. The van der Waals surface area contributed by atoms with Crippen molar-refractivity contribution in [3.63, 3.8) is 0 Å². The summed E-state index contributed by atoms with van der Waals surface area (Å²) in [4.78, 5) is 4.39. The first-order valence-corrected chi connectivity index (χ1v) is 5.19. The van der Waals surface area contributed by atoms with E-state index in [0.717, 1.165) is 16.8 Å². The number of aromatic nitrogens is 1. The van der Waals surface area contributed by atoms with E-state index >= 15 is 0 Å². The first-order chi connectivity index (χ1) is 7.81. The Balaban J connectivity index is 2.46. The van der Waals surface area contributed by atoms with E-state index in [9.17, 15) is 0 Å². The molecule has 0 fully saturated rings. The van der Waals surface area contributed by atoms with Crippen LogP contribution in [0.1, 0.15) is 11.3 Å². The van der Waals surface area contributed by atoms with Gasteiger partial charge in [0, 0.05) is 17.8 Å². The molecule has 2 rings (SSSR count). The number of benzene rings is 1. The maximum atomic E-state index is 4.39. The lowest BCUT2D eigenvalue weighted by Crippen LogP contribution is -1.88. The molecule has 2 aromatic rings. The largest absolute Gasteiger partial charge is 0.255 e. The van der Waals surface area contributed by atoms with Crippen LogP contribution in [0.5, 0.6) is 0 Å². The zero-order valence-corrected chi connectivity index (χ0v) is 9.27. The molecule has 0 spiro atoms. The summed E-state index contributed by atoms with van der Waals surface area (Å²) in [7, 11) is 0. The molecule has 0 saturated heterocycles. The molecule has 0 unspecified atom stereocenters. The molecule has 0 aliphatic heterocycles. The molecule has 1 aromatic carbocycles. The van der Waals surface area contributed by atoms with Gasteiger partial charge in [0.2, 0.25) is 0 Å². The SMILES string of the molecule is C=C=Cc1ncc(-c2ccccc2)cc1C. The molecule has 0 saturated carbocycles.